The number of H-pyrrole nitrogens is 1. The number of hydrogen-bond acceptors (Lipinski definition) is 3. The third-order valence-corrected chi connectivity index (χ3v) is 2.93. The SMILES string of the molecule is Cc1cc(/C=C2\SC(=O)NC2=O)c(C)[nH]1. The molecule has 2 amide bonds. The predicted molar refractivity (Wildman–Crippen MR) is 59.4 cm³/mol. The van der Waals surface area contributed by atoms with E-state index in [4.69, 9.17) is 0 Å². The fraction of sp³-hybridized carbons (Fsp3) is 0.200. The van der Waals surface area contributed by atoms with Crippen LogP contribution in [0.2, 0.25) is 0 Å². The van der Waals surface area contributed by atoms with E-state index in [0.29, 0.717) is 4.91 Å². The number of imide groups is 1. The van der Waals surface area contributed by atoms with Crippen LogP contribution >= 0.6 is 11.8 Å². The lowest BCUT2D eigenvalue weighted by atomic mass is 10.2. The highest BCUT2D eigenvalue weighted by Crippen LogP contribution is 2.26. The number of hydrogen-bond donors (Lipinski definition) is 2. The second-order valence-electron chi connectivity index (χ2n) is 3.38. The second-order valence-corrected chi connectivity index (χ2v) is 4.40. The van der Waals surface area contributed by atoms with E-state index >= 15 is 0 Å². The average molecular weight is 222 g/mol. The van der Waals surface area contributed by atoms with Crippen molar-refractivity contribution in [1.82, 2.24) is 10.3 Å². The number of carbonyl (C=O) groups excluding carboxylic acids is 2. The topological polar surface area (TPSA) is 62.0 Å². The van der Waals surface area contributed by atoms with Crippen LogP contribution in [0, 0.1) is 13.8 Å². The number of rotatable bonds is 1. The maximum Gasteiger partial charge on any atom is 0.290 e. The molecule has 2 rings (SSSR count). The molecule has 1 saturated heterocycles. The van der Waals surface area contributed by atoms with Gasteiger partial charge in [0.15, 0.2) is 0 Å². The number of aromatic nitrogens is 1. The molecule has 1 aliphatic heterocycles. The smallest absolute Gasteiger partial charge is 0.290 e. The van der Waals surface area contributed by atoms with Crippen molar-refractivity contribution < 1.29 is 9.59 Å². The molecule has 78 valence electrons. The Bertz CT molecular complexity index is 474. The summed E-state index contributed by atoms with van der Waals surface area (Å²) in [6.07, 6.45) is 1.73. The van der Waals surface area contributed by atoms with Crippen LogP contribution in [0.4, 0.5) is 4.79 Å². The zero-order chi connectivity index (χ0) is 11.0. The van der Waals surface area contributed by atoms with Gasteiger partial charge in [0.2, 0.25) is 0 Å². The molecular formula is C10H10N2O2S. The molecular weight excluding hydrogens is 212 g/mol. The molecule has 0 unspecified atom stereocenters. The minimum atomic E-state index is -0.316. The summed E-state index contributed by atoms with van der Waals surface area (Å²) in [7, 11) is 0. The molecule has 0 atom stereocenters. The van der Waals surface area contributed by atoms with Crippen molar-refractivity contribution >= 4 is 29.0 Å². The highest BCUT2D eigenvalue weighted by Gasteiger charge is 2.25. The number of nitrogens with one attached hydrogen (secondary N) is 2. The van der Waals surface area contributed by atoms with Crippen LogP contribution in [0.3, 0.4) is 0 Å². The van der Waals surface area contributed by atoms with Crippen molar-refractivity contribution in [3.8, 4) is 0 Å². The Hall–Kier alpha value is -1.49. The van der Waals surface area contributed by atoms with Gasteiger partial charge < -0.3 is 4.98 Å². The van der Waals surface area contributed by atoms with Crippen LogP contribution in [0.1, 0.15) is 17.0 Å². The van der Waals surface area contributed by atoms with Crippen molar-refractivity contribution in [2.75, 3.05) is 0 Å². The predicted octanol–water partition coefficient (Wildman–Crippen LogP) is 1.96. The van der Waals surface area contributed by atoms with Gasteiger partial charge in [0.05, 0.1) is 4.91 Å². The van der Waals surface area contributed by atoms with Gasteiger partial charge in [-0.3, -0.25) is 14.9 Å². The van der Waals surface area contributed by atoms with Gasteiger partial charge in [0.25, 0.3) is 11.1 Å². The zero-order valence-electron chi connectivity index (χ0n) is 8.38. The Morgan fingerprint density at radius 2 is 2.07 bits per heavy atom. The first-order chi connectivity index (χ1) is 7.06. The molecule has 0 aliphatic carbocycles. The van der Waals surface area contributed by atoms with Gasteiger partial charge in [-0.1, -0.05) is 0 Å². The minimum absolute atomic E-state index is 0.309. The largest absolute Gasteiger partial charge is 0.362 e. The molecule has 2 heterocycles. The van der Waals surface area contributed by atoms with E-state index < -0.39 is 0 Å². The lowest BCUT2D eigenvalue weighted by Gasteiger charge is -1.91. The van der Waals surface area contributed by atoms with Gasteiger partial charge in [-0.15, -0.1) is 0 Å². The molecule has 1 aromatic heterocycles. The summed E-state index contributed by atoms with van der Waals surface area (Å²) in [5.74, 6) is -0.316. The maximum absolute atomic E-state index is 11.3. The molecule has 0 radical (unpaired) electrons. The first kappa shape index (κ1) is 10.0. The van der Waals surface area contributed by atoms with Gasteiger partial charge >= 0.3 is 0 Å². The van der Waals surface area contributed by atoms with Gasteiger partial charge in [-0.25, -0.2) is 0 Å². The average Bonchev–Trinajstić information content (AvgIpc) is 2.58. The highest BCUT2D eigenvalue weighted by molar-refractivity contribution is 8.18. The number of thioether (sulfide) groups is 1. The van der Waals surface area contributed by atoms with Crippen LogP contribution in [-0.2, 0) is 4.79 Å². The first-order valence-corrected chi connectivity index (χ1v) is 5.29. The Morgan fingerprint density at radius 3 is 2.53 bits per heavy atom. The van der Waals surface area contributed by atoms with E-state index in [9.17, 15) is 9.59 Å². The number of amides is 2. The van der Waals surface area contributed by atoms with Gasteiger partial charge in [-0.05, 0) is 43.3 Å². The lowest BCUT2D eigenvalue weighted by molar-refractivity contribution is -0.115. The van der Waals surface area contributed by atoms with Crippen molar-refractivity contribution in [1.29, 1.82) is 0 Å². The Labute approximate surface area is 91.1 Å². The summed E-state index contributed by atoms with van der Waals surface area (Å²) in [6.45, 7) is 3.88. The number of aromatic amines is 1. The molecule has 0 aromatic carbocycles. The summed E-state index contributed by atoms with van der Waals surface area (Å²) in [4.78, 5) is 25.8. The Balaban J connectivity index is 2.34. The summed E-state index contributed by atoms with van der Waals surface area (Å²) < 4.78 is 0. The molecule has 1 fully saturated rings. The maximum atomic E-state index is 11.3. The molecule has 5 heteroatoms. The van der Waals surface area contributed by atoms with Gasteiger partial charge in [0.1, 0.15) is 0 Å². The molecule has 15 heavy (non-hydrogen) atoms. The van der Waals surface area contributed by atoms with Crippen LogP contribution in [0.15, 0.2) is 11.0 Å². The molecule has 1 aromatic rings. The monoisotopic (exact) mass is 222 g/mol. The van der Waals surface area contributed by atoms with E-state index in [0.717, 1.165) is 28.7 Å². The molecule has 0 spiro atoms. The quantitative estimate of drug-likeness (QED) is 0.714. The zero-order valence-corrected chi connectivity index (χ0v) is 9.20. The summed E-state index contributed by atoms with van der Waals surface area (Å²) in [5.41, 5.74) is 2.97. The molecule has 4 nitrogen and oxygen atoms in total. The minimum Gasteiger partial charge on any atom is -0.362 e. The lowest BCUT2D eigenvalue weighted by Crippen LogP contribution is -2.17. The summed E-state index contributed by atoms with van der Waals surface area (Å²) in [6, 6.07) is 1.94. The molecule has 2 N–H and O–H groups in total. The van der Waals surface area contributed by atoms with Gasteiger partial charge in [-0.2, -0.15) is 0 Å². The molecule has 0 saturated carbocycles. The van der Waals surface area contributed by atoms with Crippen LogP contribution in [0.5, 0.6) is 0 Å². The number of carbonyl (C=O) groups is 2. The third kappa shape index (κ3) is 1.97. The summed E-state index contributed by atoms with van der Waals surface area (Å²) in [5, 5.41) is 1.91. The fourth-order valence-electron chi connectivity index (χ4n) is 1.46. The second kappa shape index (κ2) is 3.58. The van der Waals surface area contributed by atoms with E-state index in [1.807, 2.05) is 19.9 Å². The van der Waals surface area contributed by atoms with E-state index in [-0.39, 0.29) is 11.1 Å². The van der Waals surface area contributed by atoms with Gasteiger partial charge in [0, 0.05) is 11.4 Å². The normalized spacial score (nSPS) is 18.7. The van der Waals surface area contributed by atoms with E-state index in [1.54, 1.807) is 6.08 Å². The van der Waals surface area contributed by atoms with Crippen molar-refractivity contribution in [2.24, 2.45) is 0 Å². The fourth-order valence-corrected chi connectivity index (χ4v) is 2.13. The third-order valence-electron chi connectivity index (χ3n) is 2.12. The highest BCUT2D eigenvalue weighted by atomic mass is 32.2. The van der Waals surface area contributed by atoms with E-state index in [2.05, 4.69) is 10.3 Å². The van der Waals surface area contributed by atoms with E-state index in [1.165, 1.54) is 0 Å². The standard InChI is InChI=1S/C10H10N2O2S/c1-5-3-7(6(2)11-5)4-8-9(13)12-10(14)15-8/h3-4,11H,1-2H3,(H,12,13,14)/b8-4-. The Morgan fingerprint density at radius 1 is 1.33 bits per heavy atom. The Kier molecular flexibility index (Phi) is 2.40. The van der Waals surface area contributed by atoms with Crippen LogP contribution in [-0.4, -0.2) is 16.1 Å². The summed E-state index contributed by atoms with van der Waals surface area (Å²) >= 11 is 0.934. The number of aryl methyl sites for hydroxylation is 2. The van der Waals surface area contributed by atoms with Crippen LogP contribution < -0.4 is 5.32 Å². The van der Waals surface area contributed by atoms with Crippen LogP contribution in [0.25, 0.3) is 6.08 Å². The first-order valence-electron chi connectivity index (χ1n) is 4.47. The van der Waals surface area contributed by atoms with Crippen molar-refractivity contribution in [2.45, 2.75) is 13.8 Å². The molecule has 1 aliphatic rings. The molecule has 0 bridgehead atoms. The van der Waals surface area contributed by atoms with Crippen molar-refractivity contribution in [3.63, 3.8) is 0 Å². The van der Waals surface area contributed by atoms with Crippen molar-refractivity contribution in [3.05, 3.63) is 27.9 Å².